The van der Waals surface area contributed by atoms with Gasteiger partial charge in [0.2, 0.25) is 11.8 Å². The number of benzene rings is 1. The van der Waals surface area contributed by atoms with Crippen molar-refractivity contribution in [2.75, 3.05) is 11.9 Å². The van der Waals surface area contributed by atoms with Gasteiger partial charge in [0.05, 0.1) is 5.39 Å². The first-order valence-corrected chi connectivity index (χ1v) is 13.5. The summed E-state index contributed by atoms with van der Waals surface area (Å²) in [5.41, 5.74) is 1.84. The molecule has 4 heterocycles. The smallest absolute Gasteiger partial charge is 0.292 e. The molecule has 3 N–H and O–H groups in total. The first-order valence-electron chi connectivity index (χ1n) is 13.5. The highest BCUT2D eigenvalue weighted by atomic mass is 19.1. The molecule has 1 aliphatic rings. The van der Waals surface area contributed by atoms with Crippen LogP contribution < -0.4 is 10.6 Å². The van der Waals surface area contributed by atoms with Gasteiger partial charge < -0.3 is 20.1 Å². The number of halogens is 1. The molecule has 0 radical (unpaired) electrons. The van der Waals surface area contributed by atoms with Crippen molar-refractivity contribution in [3.63, 3.8) is 0 Å². The number of H-pyrrole nitrogens is 1. The number of pyridine rings is 1. The van der Waals surface area contributed by atoms with Gasteiger partial charge in [-0.15, -0.1) is 0 Å². The van der Waals surface area contributed by atoms with Gasteiger partial charge in [-0.25, -0.2) is 9.37 Å². The SMILES string of the molecule is C=CC(=O)N1C[C@H](Nc2n[nH]c3nccc(-c4ccc(CNC(=O)c5noc(C(C)(C)C)n5)c(F)c4)c23)CC[C@@H]1C. The fraction of sp³-hybridized carbons (Fsp3) is 0.379. The highest BCUT2D eigenvalue weighted by Gasteiger charge is 2.29. The first kappa shape index (κ1) is 27.9. The second kappa shape index (κ2) is 11.1. The molecular weight excluding hydrogens is 527 g/mol. The van der Waals surface area contributed by atoms with E-state index in [2.05, 4.69) is 42.5 Å². The minimum absolute atomic E-state index is 0.0175. The minimum Gasteiger partial charge on any atom is -0.364 e. The van der Waals surface area contributed by atoms with E-state index >= 15 is 4.39 Å². The molecule has 5 rings (SSSR count). The zero-order valence-electron chi connectivity index (χ0n) is 23.5. The third kappa shape index (κ3) is 5.81. The maximum absolute atomic E-state index is 15.2. The van der Waals surface area contributed by atoms with Crippen molar-refractivity contribution in [1.82, 2.24) is 35.5 Å². The quantitative estimate of drug-likeness (QED) is 0.283. The van der Waals surface area contributed by atoms with Gasteiger partial charge in [0.25, 0.3) is 11.7 Å². The van der Waals surface area contributed by atoms with E-state index in [-0.39, 0.29) is 30.4 Å². The lowest BCUT2D eigenvalue weighted by Crippen LogP contribution is -2.49. The van der Waals surface area contributed by atoms with Crippen molar-refractivity contribution in [3.05, 3.63) is 66.2 Å². The number of carbonyl (C=O) groups is 2. The fourth-order valence-electron chi connectivity index (χ4n) is 4.87. The topological polar surface area (TPSA) is 142 Å². The number of nitrogens with one attached hydrogen (secondary N) is 3. The Morgan fingerprint density at radius 1 is 1.27 bits per heavy atom. The van der Waals surface area contributed by atoms with Gasteiger partial charge in [-0.3, -0.25) is 14.7 Å². The molecule has 1 aromatic carbocycles. The molecule has 0 bridgehead atoms. The zero-order chi connectivity index (χ0) is 29.3. The fourth-order valence-corrected chi connectivity index (χ4v) is 4.87. The molecule has 0 spiro atoms. The summed E-state index contributed by atoms with van der Waals surface area (Å²) in [5.74, 6) is -0.305. The molecule has 3 aromatic heterocycles. The summed E-state index contributed by atoms with van der Waals surface area (Å²) in [6.45, 7) is 11.8. The molecule has 1 aliphatic heterocycles. The predicted molar refractivity (Wildman–Crippen MR) is 151 cm³/mol. The van der Waals surface area contributed by atoms with Crippen molar-refractivity contribution in [1.29, 1.82) is 0 Å². The normalized spacial score (nSPS) is 17.4. The molecule has 2 amide bonds. The van der Waals surface area contributed by atoms with Gasteiger partial charge in [0, 0.05) is 42.3 Å². The zero-order valence-corrected chi connectivity index (χ0v) is 23.5. The van der Waals surface area contributed by atoms with Gasteiger partial charge in [0.15, 0.2) is 11.5 Å². The Kier molecular flexibility index (Phi) is 7.57. The molecule has 2 atom stereocenters. The minimum atomic E-state index is -0.553. The van der Waals surface area contributed by atoms with Crippen LogP contribution in [0.4, 0.5) is 10.2 Å². The molecule has 0 unspecified atom stereocenters. The number of fused-ring (bicyclic) bond motifs is 1. The summed E-state index contributed by atoms with van der Waals surface area (Å²) < 4.78 is 20.4. The van der Waals surface area contributed by atoms with Gasteiger partial charge in [0.1, 0.15) is 5.82 Å². The Hall–Kier alpha value is -4.61. The summed E-state index contributed by atoms with van der Waals surface area (Å²) >= 11 is 0. The van der Waals surface area contributed by atoms with Gasteiger partial charge >= 0.3 is 0 Å². The number of amides is 2. The molecule has 1 saturated heterocycles. The van der Waals surface area contributed by atoms with Crippen LogP contribution >= 0.6 is 0 Å². The second-order valence-corrected chi connectivity index (χ2v) is 11.3. The molecule has 0 saturated carbocycles. The van der Waals surface area contributed by atoms with Crippen molar-refractivity contribution in [2.45, 2.75) is 64.6 Å². The van der Waals surface area contributed by atoms with Crippen molar-refractivity contribution >= 4 is 28.7 Å². The number of aromatic amines is 1. The highest BCUT2D eigenvalue weighted by Crippen LogP contribution is 2.33. The summed E-state index contributed by atoms with van der Waals surface area (Å²) in [6.07, 6.45) is 4.68. The van der Waals surface area contributed by atoms with E-state index in [1.807, 2.05) is 27.7 Å². The largest absolute Gasteiger partial charge is 0.364 e. The molecule has 4 aromatic rings. The number of nitrogens with zero attached hydrogens (tertiary/aromatic N) is 5. The monoisotopic (exact) mass is 560 g/mol. The van der Waals surface area contributed by atoms with Crippen LogP contribution in [-0.4, -0.2) is 60.7 Å². The van der Waals surface area contributed by atoms with Crippen LogP contribution in [0.2, 0.25) is 0 Å². The van der Waals surface area contributed by atoms with Gasteiger partial charge in [-0.1, -0.05) is 44.6 Å². The van der Waals surface area contributed by atoms with E-state index in [9.17, 15) is 9.59 Å². The molecule has 41 heavy (non-hydrogen) atoms. The standard InChI is InChI=1S/C29H33FN8O3/c1-6-22(39)38-15-19(10-7-16(38)2)33-25-23-20(11-12-31-24(23)35-36-25)17-8-9-18(21(30)13-17)14-32-27(40)26-34-28(41-37-26)29(3,4)5/h6,8-9,11-13,16,19H,1,7,10,14-15H2,2-5H3,(H,32,40)(H2,31,33,35,36)/t16-,19+/m0/s1. The Morgan fingerprint density at radius 2 is 2.07 bits per heavy atom. The summed E-state index contributed by atoms with van der Waals surface area (Å²) in [5, 5.41) is 17.9. The van der Waals surface area contributed by atoms with Crippen molar-refractivity contribution in [3.8, 4) is 11.1 Å². The van der Waals surface area contributed by atoms with Crippen molar-refractivity contribution in [2.24, 2.45) is 0 Å². The van der Waals surface area contributed by atoms with E-state index in [1.165, 1.54) is 12.1 Å². The summed E-state index contributed by atoms with van der Waals surface area (Å²) in [4.78, 5) is 35.1. The number of carbonyl (C=O) groups excluding carboxylic acids is 2. The third-order valence-corrected chi connectivity index (χ3v) is 7.22. The maximum atomic E-state index is 15.2. The Balaban J connectivity index is 1.33. The van der Waals surface area contributed by atoms with Crippen LogP contribution in [0.25, 0.3) is 22.2 Å². The average molecular weight is 561 g/mol. The van der Waals surface area contributed by atoms with Crippen LogP contribution in [0, 0.1) is 5.82 Å². The van der Waals surface area contributed by atoms with Crippen LogP contribution in [0.15, 0.2) is 47.6 Å². The first-order chi connectivity index (χ1) is 19.5. The van der Waals surface area contributed by atoms with E-state index < -0.39 is 17.1 Å². The van der Waals surface area contributed by atoms with E-state index in [0.29, 0.717) is 35.0 Å². The third-order valence-electron chi connectivity index (χ3n) is 7.22. The van der Waals surface area contributed by atoms with Crippen LogP contribution in [0.3, 0.4) is 0 Å². The number of hydrogen-bond donors (Lipinski definition) is 3. The molecular formula is C29H33FN8O3. The van der Waals surface area contributed by atoms with E-state index in [0.717, 1.165) is 23.8 Å². The number of aromatic nitrogens is 5. The van der Waals surface area contributed by atoms with Crippen molar-refractivity contribution < 1.29 is 18.5 Å². The number of hydrogen-bond acceptors (Lipinski definition) is 8. The molecule has 1 fully saturated rings. The van der Waals surface area contributed by atoms with Gasteiger partial charge in [-0.2, -0.15) is 10.1 Å². The molecule has 12 heteroatoms. The van der Waals surface area contributed by atoms with Gasteiger partial charge in [-0.05, 0) is 49.1 Å². The van der Waals surface area contributed by atoms with Crippen LogP contribution in [-0.2, 0) is 16.8 Å². The highest BCUT2D eigenvalue weighted by molar-refractivity contribution is 6.00. The lowest BCUT2D eigenvalue weighted by atomic mass is 9.97. The van der Waals surface area contributed by atoms with Crippen LogP contribution in [0.1, 0.15) is 62.6 Å². The second-order valence-electron chi connectivity index (χ2n) is 11.3. The number of piperidine rings is 1. The maximum Gasteiger partial charge on any atom is 0.292 e. The summed E-state index contributed by atoms with van der Waals surface area (Å²) in [6, 6.07) is 6.75. The molecule has 0 aliphatic carbocycles. The average Bonchev–Trinajstić information content (AvgIpc) is 3.61. The summed E-state index contributed by atoms with van der Waals surface area (Å²) in [7, 11) is 0. The Morgan fingerprint density at radius 3 is 2.78 bits per heavy atom. The van der Waals surface area contributed by atoms with E-state index in [4.69, 9.17) is 4.52 Å². The molecule has 11 nitrogen and oxygen atoms in total. The lowest BCUT2D eigenvalue weighted by Gasteiger charge is -2.37. The lowest BCUT2D eigenvalue weighted by molar-refractivity contribution is -0.129. The Labute approximate surface area is 236 Å². The van der Waals surface area contributed by atoms with Crippen LogP contribution in [0.5, 0.6) is 0 Å². The Bertz CT molecular complexity index is 1610. The number of anilines is 1. The predicted octanol–water partition coefficient (Wildman–Crippen LogP) is 4.35. The molecule has 214 valence electrons. The number of likely N-dealkylation sites (tertiary alicyclic amines) is 1. The van der Waals surface area contributed by atoms with E-state index in [1.54, 1.807) is 29.3 Å². The number of rotatable bonds is 7.